The summed E-state index contributed by atoms with van der Waals surface area (Å²) in [5, 5.41) is 12.7. The second-order valence-electron chi connectivity index (χ2n) is 8.57. The van der Waals surface area contributed by atoms with Crippen molar-refractivity contribution in [1.82, 2.24) is 9.88 Å². The van der Waals surface area contributed by atoms with Crippen molar-refractivity contribution in [3.8, 4) is 5.75 Å². The molecule has 1 aliphatic rings. The Hall–Kier alpha value is -4.37. The molecule has 0 unspecified atom stereocenters. The van der Waals surface area contributed by atoms with Crippen molar-refractivity contribution in [3.05, 3.63) is 105 Å². The number of aliphatic imine (C=N–C) groups is 1. The first-order valence-electron chi connectivity index (χ1n) is 11.7. The molecule has 9 heteroatoms. The number of hydrogen-bond acceptors (Lipinski definition) is 6. The highest BCUT2D eigenvalue weighted by Gasteiger charge is 2.33. The molecule has 5 rings (SSSR count). The Kier molecular flexibility index (Phi) is 6.78. The molecule has 1 amide bonds. The summed E-state index contributed by atoms with van der Waals surface area (Å²) in [6.07, 6.45) is 4.49. The normalized spacial score (nSPS) is 15.7. The predicted molar refractivity (Wildman–Crippen MR) is 147 cm³/mol. The van der Waals surface area contributed by atoms with Crippen molar-refractivity contribution >= 4 is 51.2 Å². The van der Waals surface area contributed by atoms with Crippen molar-refractivity contribution in [3.63, 3.8) is 0 Å². The summed E-state index contributed by atoms with van der Waals surface area (Å²) >= 11 is 1.30. The Bertz CT molecular complexity index is 1560. The van der Waals surface area contributed by atoms with Crippen LogP contribution in [0.25, 0.3) is 17.0 Å². The van der Waals surface area contributed by atoms with Gasteiger partial charge in [-0.2, -0.15) is 0 Å². The van der Waals surface area contributed by atoms with Crippen molar-refractivity contribution in [2.24, 2.45) is 4.99 Å². The second kappa shape index (κ2) is 10.3. The zero-order chi connectivity index (χ0) is 25.9. The van der Waals surface area contributed by atoms with Gasteiger partial charge >= 0.3 is 0 Å². The van der Waals surface area contributed by atoms with Crippen molar-refractivity contribution in [2.45, 2.75) is 13.3 Å². The number of amidine groups is 1. The monoisotopic (exact) mass is 512 g/mol. The molecule has 0 atom stereocenters. The number of H-pyrrole nitrogens is 1. The molecule has 0 aliphatic carbocycles. The fourth-order valence-corrected chi connectivity index (χ4v) is 5.21. The summed E-state index contributed by atoms with van der Waals surface area (Å²) in [5.41, 5.74) is 4.61. The number of fused-ring (bicyclic) bond motifs is 1. The number of ether oxygens (including phenoxy) is 1. The van der Waals surface area contributed by atoms with Crippen LogP contribution in [0.15, 0.2) is 82.8 Å². The van der Waals surface area contributed by atoms with Crippen molar-refractivity contribution < 1.29 is 14.5 Å². The average molecular weight is 513 g/mol. The molecule has 2 heterocycles. The molecule has 37 heavy (non-hydrogen) atoms. The minimum Gasteiger partial charge on any atom is -0.497 e. The highest BCUT2D eigenvalue weighted by molar-refractivity contribution is 8.18. The van der Waals surface area contributed by atoms with Crippen molar-refractivity contribution in [2.75, 3.05) is 13.7 Å². The van der Waals surface area contributed by atoms with Gasteiger partial charge in [0, 0.05) is 35.8 Å². The zero-order valence-corrected chi connectivity index (χ0v) is 21.1. The lowest BCUT2D eigenvalue weighted by Gasteiger charge is -2.15. The van der Waals surface area contributed by atoms with Crippen LogP contribution >= 0.6 is 11.8 Å². The van der Waals surface area contributed by atoms with Crippen LogP contribution < -0.4 is 4.74 Å². The number of carbonyl (C=O) groups excluding carboxylic acids is 1. The summed E-state index contributed by atoms with van der Waals surface area (Å²) in [7, 11) is 1.62. The molecule has 1 aromatic heterocycles. The van der Waals surface area contributed by atoms with Crippen LogP contribution in [0, 0.1) is 17.0 Å². The van der Waals surface area contributed by atoms with Crippen LogP contribution in [0.3, 0.4) is 0 Å². The maximum absolute atomic E-state index is 13.5. The summed E-state index contributed by atoms with van der Waals surface area (Å²) in [6, 6.07) is 19.8. The number of non-ortho nitro benzene ring substituents is 1. The lowest BCUT2D eigenvalue weighted by atomic mass is 10.1. The third-order valence-electron chi connectivity index (χ3n) is 6.22. The number of aryl methyl sites for hydroxylation is 1. The third-order valence-corrected chi connectivity index (χ3v) is 7.22. The van der Waals surface area contributed by atoms with Crippen molar-refractivity contribution in [1.29, 1.82) is 0 Å². The first-order chi connectivity index (χ1) is 17.9. The van der Waals surface area contributed by atoms with Gasteiger partial charge in [-0.05, 0) is 78.2 Å². The predicted octanol–water partition coefficient (Wildman–Crippen LogP) is 6.24. The van der Waals surface area contributed by atoms with E-state index in [9.17, 15) is 14.9 Å². The number of aromatic nitrogens is 1. The molecule has 1 saturated heterocycles. The Labute approximate surface area is 217 Å². The van der Waals surface area contributed by atoms with E-state index < -0.39 is 4.92 Å². The van der Waals surface area contributed by atoms with Gasteiger partial charge in [-0.1, -0.05) is 24.3 Å². The lowest BCUT2D eigenvalue weighted by Crippen LogP contribution is -2.31. The SMILES string of the molecule is COc1ccc(/C=C2\SC(=Nc3ccc([N+](=O)[O-])cc3)N(CCc3c[nH]c4ccccc34)C2=O)c(C)c1. The Morgan fingerprint density at radius 1 is 1.14 bits per heavy atom. The Balaban J connectivity index is 1.47. The summed E-state index contributed by atoms with van der Waals surface area (Å²) in [6.45, 7) is 2.41. The minimum atomic E-state index is -0.448. The third kappa shape index (κ3) is 5.12. The zero-order valence-electron chi connectivity index (χ0n) is 20.3. The number of amides is 1. The quantitative estimate of drug-likeness (QED) is 0.179. The molecule has 4 aromatic rings. The Morgan fingerprint density at radius 2 is 1.92 bits per heavy atom. The van der Waals surface area contributed by atoms with Crippen LogP contribution in [0.1, 0.15) is 16.7 Å². The van der Waals surface area contributed by atoms with Gasteiger partial charge in [0.1, 0.15) is 5.75 Å². The van der Waals surface area contributed by atoms with Gasteiger partial charge in [-0.3, -0.25) is 19.8 Å². The molecule has 8 nitrogen and oxygen atoms in total. The number of para-hydroxylation sites is 1. The molecule has 0 bridgehead atoms. The summed E-state index contributed by atoms with van der Waals surface area (Å²) < 4.78 is 5.30. The van der Waals surface area contributed by atoms with E-state index in [1.165, 1.54) is 23.9 Å². The summed E-state index contributed by atoms with van der Waals surface area (Å²) in [5.74, 6) is 0.631. The number of methoxy groups -OCH3 is 1. The smallest absolute Gasteiger partial charge is 0.269 e. The molecule has 3 aromatic carbocycles. The van der Waals surface area contributed by atoms with E-state index in [-0.39, 0.29) is 11.6 Å². The molecule has 0 radical (unpaired) electrons. The van der Waals surface area contributed by atoms with E-state index in [2.05, 4.69) is 16.0 Å². The van der Waals surface area contributed by atoms with E-state index in [0.29, 0.717) is 28.7 Å². The molecule has 0 spiro atoms. The van der Waals surface area contributed by atoms with Gasteiger partial charge in [0.25, 0.3) is 11.6 Å². The number of nitro benzene ring substituents is 1. The molecule has 0 saturated carbocycles. The minimum absolute atomic E-state index is 0.00846. The number of hydrogen-bond donors (Lipinski definition) is 1. The van der Waals surface area contributed by atoms with Crippen LogP contribution in [-0.4, -0.2) is 39.5 Å². The fourth-order valence-electron chi connectivity index (χ4n) is 4.20. The fraction of sp³-hybridized carbons (Fsp3) is 0.143. The first kappa shape index (κ1) is 24.3. The number of thioether (sulfide) groups is 1. The summed E-state index contributed by atoms with van der Waals surface area (Å²) in [4.78, 5) is 34.3. The van der Waals surface area contributed by atoms with Gasteiger partial charge in [-0.25, -0.2) is 4.99 Å². The first-order valence-corrected chi connectivity index (χ1v) is 12.5. The Morgan fingerprint density at radius 3 is 2.65 bits per heavy atom. The highest BCUT2D eigenvalue weighted by Crippen LogP contribution is 2.35. The largest absolute Gasteiger partial charge is 0.497 e. The highest BCUT2D eigenvalue weighted by atomic mass is 32.2. The number of carbonyl (C=O) groups is 1. The number of aromatic amines is 1. The number of benzene rings is 3. The number of nitrogens with zero attached hydrogens (tertiary/aromatic N) is 3. The van der Waals surface area contributed by atoms with E-state index in [0.717, 1.165) is 33.3 Å². The number of nitrogens with one attached hydrogen (secondary N) is 1. The second-order valence-corrected chi connectivity index (χ2v) is 9.58. The van der Waals surface area contributed by atoms with E-state index in [4.69, 9.17) is 4.74 Å². The van der Waals surface area contributed by atoms with Gasteiger partial charge < -0.3 is 9.72 Å². The van der Waals surface area contributed by atoms with Gasteiger partial charge in [0.05, 0.1) is 22.6 Å². The lowest BCUT2D eigenvalue weighted by molar-refractivity contribution is -0.384. The standard InChI is InChI=1S/C28H24N4O4S/c1-18-15-23(36-2)12-7-19(18)16-26-27(33)31(14-13-20-17-29-25-6-4-3-5-24(20)25)28(37-26)30-21-8-10-22(11-9-21)32(34)35/h3-12,15-17,29H,13-14H2,1-2H3/b26-16-,30-28?. The van der Waals surface area contributed by atoms with Crippen LogP contribution in [-0.2, 0) is 11.2 Å². The number of nitro groups is 1. The van der Waals surface area contributed by atoms with Gasteiger partial charge in [-0.15, -0.1) is 0 Å². The topological polar surface area (TPSA) is 101 Å². The van der Waals surface area contributed by atoms with E-state index >= 15 is 0 Å². The van der Waals surface area contributed by atoms with Crippen LogP contribution in [0.4, 0.5) is 11.4 Å². The van der Waals surface area contributed by atoms with Gasteiger partial charge in [0.2, 0.25) is 0 Å². The average Bonchev–Trinajstić information content (AvgIpc) is 3.44. The molecule has 186 valence electrons. The molecular formula is C28H24N4O4S. The molecule has 1 fully saturated rings. The van der Waals surface area contributed by atoms with Gasteiger partial charge in [0.15, 0.2) is 5.17 Å². The number of rotatable bonds is 7. The maximum Gasteiger partial charge on any atom is 0.269 e. The van der Waals surface area contributed by atoms with Crippen LogP contribution in [0.5, 0.6) is 5.75 Å². The van der Waals surface area contributed by atoms with Crippen LogP contribution in [0.2, 0.25) is 0 Å². The maximum atomic E-state index is 13.5. The molecule has 1 aliphatic heterocycles. The molecular weight excluding hydrogens is 488 g/mol. The molecule has 1 N–H and O–H groups in total. The van der Waals surface area contributed by atoms with E-state index in [1.54, 1.807) is 24.1 Å². The van der Waals surface area contributed by atoms with E-state index in [1.807, 2.05) is 55.6 Å².